The van der Waals surface area contributed by atoms with E-state index in [0.717, 1.165) is 13.0 Å². The third-order valence-corrected chi connectivity index (χ3v) is 4.81. The zero-order valence-electron chi connectivity index (χ0n) is 18.9. The molecule has 3 rings (SSSR count). The number of hydrogen-bond acceptors (Lipinski definition) is 7. The predicted molar refractivity (Wildman–Crippen MR) is 127 cm³/mol. The van der Waals surface area contributed by atoms with Gasteiger partial charge < -0.3 is 25.0 Å². The van der Waals surface area contributed by atoms with E-state index < -0.39 is 6.36 Å². The highest BCUT2D eigenvalue weighted by Gasteiger charge is 2.31. The van der Waals surface area contributed by atoms with Gasteiger partial charge in [0.1, 0.15) is 17.3 Å². The van der Waals surface area contributed by atoms with Gasteiger partial charge in [0.05, 0.1) is 18.5 Å². The molecule has 0 amide bonds. The van der Waals surface area contributed by atoms with Crippen LogP contribution in [0.2, 0.25) is 5.02 Å². The topological polar surface area (TPSA) is 71.5 Å². The van der Waals surface area contributed by atoms with E-state index in [2.05, 4.69) is 30.2 Å². The number of rotatable bonds is 10. The molecule has 0 aliphatic carbocycles. The molecule has 0 aliphatic heterocycles. The molecular weight excluding hydrogens is 471 g/mol. The highest BCUT2D eigenvalue weighted by atomic mass is 35.5. The molecule has 2 aromatic carbocycles. The molecule has 3 aromatic rings. The summed E-state index contributed by atoms with van der Waals surface area (Å²) in [5.74, 6) is 0.936. The number of ether oxygens (including phenoxy) is 2. The second kappa shape index (κ2) is 11.3. The summed E-state index contributed by atoms with van der Waals surface area (Å²) in [5, 5.41) is 6.82. The van der Waals surface area contributed by atoms with Gasteiger partial charge in [-0.1, -0.05) is 23.7 Å². The first kappa shape index (κ1) is 25.4. The average molecular weight is 496 g/mol. The summed E-state index contributed by atoms with van der Waals surface area (Å²) < 4.78 is 47.5. The molecular formula is C23H25ClF3N5O2. The Hall–Kier alpha value is -3.24. The van der Waals surface area contributed by atoms with Crippen molar-refractivity contribution in [3.8, 4) is 22.8 Å². The SMILES string of the molecule is COc1ccc(Cl)cc1Nc1cc(-c2cccc(OC(F)(F)F)c2)nc(NCCCN(C)C)n1. The van der Waals surface area contributed by atoms with Crippen LogP contribution in [0.3, 0.4) is 0 Å². The van der Waals surface area contributed by atoms with Crippen LogP contribution in [0.25, 0.3) is 11.3 Å². The maximum Gasteiger partial charge on any atom is 0.573 e. The Labute approximate surface area is 200 Å². The van der Waals surface area contributed by atoms with E-state index in [4.69, 9.17) is 16.3 Å². The zero-order chi connectivity index (χ0) is 24.7. The van der Waals surface area contributed by atoms with Crippen molar-refractivity contribution in [1.29, 1.82) is 0 Å². The molecule has 1 heterocycles. The smallest absolute Gasteiger partial charge is 0.495 e. The molecule has 2 N–H and O–H groups in total. The Morgan fingerprint density at radius 1 is 1.06 bits per heavy atom. The number of anilines is 3. The molecule has 0 saturated carbocycles. The minimum Gasteiger partial charge on any atom is -0.495 e. The lowest BCUT2D eigenvalue weighted by atomic mass is 10.1. The maximum atomic E-state index is 12.7. The highest BCUT2D eigenvalue weighted by molar-refractivity contribution is 6.31. The normalized spacial score (nSPS) is 11.4. The lowest BCUT2D eigenvalue weighted by Crippen LogP contribution is -2.17. The van der Waals surface area contributed by atoms with Crippen LogP contribution in [-0.4, -0.2) is 55.5 Å². The summed E-state index contributed by atoms with van der Waals surface area (Å²) in [6, 6.07) is 12.3. The number of halogens is 4. The van der Waals surface area contributed by atoms with E-state index in [1.54, 1.807) is 30.3 Å². The fraction of sp³-hybridized carbons (Fsp3) is 0.304. The fourth-order valence-electron chi connectivity index (χ4n) is 3.10. The first-order valence-electron chi connectivity index (χ1n) is 10.4. The van der Waals surface area contributed by atoms with Crippen molar-refractivity contribution in [3.63, 3.8) is 0 Å². The Morgan fingerprint density at radius 2 is 1.85 bits per heavy atom. The molecule has 0 bridgehead atoms. The van der Waals surface area contributed by atoms with Crippen molar-refractivity contribution in [2.45, 2.75) is 12.8 Å². The second-order valence-corrected chi connectivity index (χ2v) is 8.03. The van der Waals surface area contributed by atoms with E-state index in [1.165, 1.54) is 25.3 Å². The average Bonchev–Trinajstić information content (AvgIpc) is 2.76. The molecule has 182 valence electrons. The Morgan fingerprint density at radius 3 is 2.56 bits per heavy atom. The number of benzene rings is 2. The molecule has 7 nitrogen and oxygen atoms in total. The number of nitrogens with one attached hydrogen (secondary N) is 2. The van der Waals surface area contributed by atoms with Gasteiger partial charge in [-0.3, -0.25) is 0 Å². The van der Waals surface area contributed by atoms with E-state index in [0.29, 0.717) is 46.0 Å². The molecule has 1 aromatic heterocycles. The highest BCUT2D eigenvalue weighted by Crippen LogP contribution is 2.32. The third-order valence-electron chi connectivity index (χ3n) is 4.58. The van der Waals surface area contributed by atoms with Gasteiger partial charge in [-0.05, 0) is 57.4 Å². The lowest BCUT2D eigenvalue weighted by molar-refractivity contribution is -0.274. The fourth-order valence-corrected chi connectivity index (χ4v) is 3.27. The van der Waals surface area contributed by atoms with Gasteiger partial charge in [-0.2, -0.15) is 4.98 Å². The summed E-state index contributed by atoms with van der Waals surface area (Å²) in [6.07, 6.45) is -3.94. The number of hydrogen-bond donors (Lipinski definition) is 2. The molecule has 0 radical (unpaired) electrons. The Balaban J connectivity index is 1.95. The van der Waals surface area contributed by atoms with Gasteiger partial charge in [-0.15, -0.1) is 13.2 Å². The molecule has 11 heteroatoms. The van der Waals surface area contributed by atoms with Crippen molar-refractivity contribution in [2.24, 2.45) is 0 Å². The summed E-state index contributed by atoms with van der Waals surface area (Å²) in [6.45, 7) is 1.48. The molecule has 0 unspecified atom stereocenters. The summed E-state index contributed by atoms with van der Waals surface area (Å²) in [4.78, 5) is 11.0. The van der Waals surface area contributed by atoms with Crippen molar-refractivity contribution < 1.29 is 22.6 Å². The molecule has 34 heavy (non-hydrogen) atoms. The largest absolute Gasteiger partial charge is 0.573 e. The summed E-state index contributed by atoms with van der Waals surface area (Å²) >= 11 is 6.13. The van der Waals surface area contributed by atoms with Gasteiger partial charge in [0.25, 0.3) is 0 Å². The second-order valence-electron chi connectivity index (χ2n) is 7.59. The molecule has 0 fully saturated rings. The van der Waals surface area contributed by atoms with E-state index >= 15 is 0 Å². The number of aromatic nitrogens is 2. The number of methoxy groups -OCH3 is 1. The first-order chi connectivity index (χ1) is 16.1. The van der Waals surface area contributed by atoms with Crippen LogP contribution >= 0.6 is 11.6 Å². The first-order valence-corrected chi connectivity index (χ1v) is 10.7. The van der Waals surface area contributed by atoms with Crippen molar-refractivity contribution in [3.05, 3.63) is 53.6 Å². The quantitative estimate of drug-likeness (QED) is 0.344. The molecule has 0 spiro atoms. The van der Waals surface area contributed by atoms with Gasteiger partial charge in [-0.25, -0.2) is 4.98 Å². The minimum atomic E-state index is -4.79. The van der Waals surface area contributed by atoms with Gasteiger partial charge in [0, 0.05) is 23.2 Å². The molecule has 0 saturated heterocycles. The van der Waals surface area contributed by atoms with E-state index in [1.807, 2.05) is 14.1 Å². The van der Waals surface area contributed by atoms with Crippen LogP contribution in [0.1, 0.15) is 6.42 Å². The van der Waals surface area contributed by atoms with Gasteiger partial charge >= 0.3 is 6.36 Å². The number of nitrogens with zero attached hydrogens (tertiary/aromatic N) is 3. The van der Waals surface area contributed by atoms with Crippen LogP contribution in [-0.2, 0) is 0 Å². The Bertz CT molecular complexity index is 1110. The standard InChI is InChI=1S/C23H25ClF3N5O2/c1-32(2)11-5-10-28-22-30-18(15-6-4-7-17(12-15)34-23(25,26)27)14-21(31-22)29-19-13-16(24)8-9-20(19)33-3/h4,6-9,12-14H,5,10-11H2,1-3H3,(H2,28,29,30,31). The monoisotopic (exact) mass is 495 g/mol. The summed E-state index contributed by atoms with van der Waals surface area (Å²) in [7, 11) is 5.49. The molecule has 0 aliphatic rings. The maximum absolute atomic E-state index is 12.7. The minimum absolute atomic E-state index is 0.321. The number of alkyl halides is 3. The van der Waals surface area contributed by atoms with Crippen molar-refractivity contribution in [1.82, 2.24) is 14.9 Å². The lowest BCUT2D eigenvalue weighted by Gasteiger charge is -2.15. The van der Waals surface area contributed by atoms with Gasteiger partial charge in [0.15, 0.2) is 0 Å². The van der Waals surface area contributed by atoms with E-state index in [-0.39, 0.29) is 5.75 Å². The molecule has 0 atom stereocenters. The zero-order valence-corrected chi connectivity index (χ0v) is 19.7. The van der Waals surface area contributed by atoms with Crippen LogP contribution < -0.4 is 20.1 Å². The Kier molecular flexibility index (Phi) is 8.41. The van der Waals surface area contributed by atoms with Crippen LogP contribution in [0.15, 0.2) is 48.5 Å². The van der Waals surface area contributed by atoms with Crippen LogP contribution in [0.4, 0.5) is 30.6 Å². The van der Waals surface area contributed by atoms with Crippen molar-refractivity contribution >= 4 is 29.1 Å². The van der Waals surface area contributed by atoms with Crippen molar-refractivity contribution in [2.75, 3.05) is 44.9 Å². The summed E-state index contributed by atoms with van der Waals surface area (Å²) in [5.41, 5.74) is 1.41. The van der Waals surface area contributed by atoms with Crippen LogP contribution in [0, 0.1) is 0 Å². The van der Waals surface area contributed by atoms with Gasteiger partial charge in [0.2, 0.25) is 5.95 Å². The predicted octanol–water partition coefficient (Wildman–Crippen LogP) is 5.81. The van der Waals surface area contributed by atoms with E-state index in [9.17, 15) is 13.2 Å². The van der Waals surface area contributed by atoms with Crippen LogP contribution in [0.5, 0.6) is 11.5 Å². The third kappa shape index (κ3) is 7.67.